The molecule has 1 rings (SSSR count). The Labute approximate surface area is 105 Å². The van der Waals surface area contributed by atoms with Crippen molar-refractivity contribution in [1.82, 2.24) is 5.32 Å². The summed E-state index contributed by atoms with van der Waals surface area (Å²) in [5.41, 5.74) is 0. The Balaban J connectivity index is 2.02. The standard InChI is InChI=1S/C11H18N2O5/c1-16-7-8-17-6-2-5-12-9-10-3-4-11(18-10)13(14)15/h3-4,12H,2,5-9H2,1H3. The molecule has 0 saturated heterocycles. The summed E-state index contributed by atoms with van der Waals surface area (Å²) in [6.07, 6.45) is 0.868. The van der Waals surface area contributed by atoms with E-state index in [1.54, 1.807) is 13.2 Å². The first-order valence-electron chi connectivity index (χ1n) is 5.74. The van der Waals surface area contributed by atoms with Crippen LogP contribution in [0.3, 0.4) is 0 Å². The van der Waals surface area contributed by atoms with Gasteiger partial charge in [-0.15, -0.1) is 0 Å². The fourth-order valence-corrected chi connectivity index (χ4v) is 1.31. The molecular weight excluding hydrogens is 240 g/mol. The zero-order chi connectivity index (χ0) is 13.2. The SMILES string of the molecule is COCCOCCCNCc1ccc([N+](=O)[O-])o1. The van der Waals surface area contributed by atoms with Crippen molar-refractivity contribution < 1.29 is 18.8 Å². The van der Waals surface area contributed by atoms with Gasteiger partial charge in [-0.2, -0.15) is 0 Å². The van der Waals surface area contributed by atoms with Crippen molar-refractivity contribution in [3.8, 4) is 0 Å². The summed E-state index contributed by atoms with van der Waals surface area (Å²) < 4.78 is 15.1. The van der Waals surface area contributed by atoms with Crippen LogP contribution in [0.2, 0.25) is 0 Å². The lowest BCUT2D eigenvalue weighted by Crippen LogP contribution is -2.16. The van der Waals surface area contributed by atoms with Crippen molar-refractivity contribution in [2.45, 2.75) is 13.0 Å². The lowest BCUT2D eigenvalue weighted by Gasteiger charge is -2.04. The average Bonchev–Trinajstić information content (AvgIpc) is 2.81. The predicted molar refractivity (Wildman–Crippen MR) is 64.4 cm³/mol. The summed E-state index contributed by atoms with van der Waals surface area (Å²) in [5.74, 6) is 0.330. The van der Waals surface area contributed by atoms with Gasteiger partial charge in [0.15, 0.2) is 0 Å². The van der Waals surface area contributed by atoms with E-state index in [-0.39, 0.29) is 5.88 Å². The summed E-state index contributed by atoms with van der Waals surface area (Å²) in [7, 11) is 1.63. The van der Waals surface area contributed by atoms with Crippen molar-refractivity contribution >= 4 is 5.88 Å². The number of nitrogens with one attached hydrogen (secondary N) is 1. The van der Waals surface area contributed by atoms with E-state index in [0.717, 1.165) is 13.0 Å². The molecular formula is C11H18N2O5. The normalized spacial score (nSPS) is 10.7. The van der Waals surface area contributed by atoms with E-state index in [2.05, 4.69) is 5.32 Å². The summed E-state index contributed by atoms with van der Waals surface area (Å²) in [6.45, 7) is 3.10. The predicted octanol–water partition coefficient (Wildman–Crippen LogP) is 1.33. The fraction of sp³-hybridized carbons (Fsp3) is 0.636. The third kappa shape index (κ3) is 5.76. The quantitative estimate of drug-likeness (QED) is 0.387. The van der Waals surface area contributed by atoms with Gasteiger partial charge in [0.05, 0.1) is 25.8 Å². The second-order valence-electron chi connectivity index (χ2n) is 3.63. The lowest BCUT2D eigenvalue weighted by atomic mass is 10.4. The number of hydrogen-bond acceptors (Lipinski definition) is 6. The Morgan fingerprint density at radius 2 is 2.22 bits per heavy atom. The Kier molecular flexibility index (Phi) is 7.00. The molecule has 0 saturated carbocycles. The number of methoxy groups -OCH3 is 1. The van der Waals surface area contributed by atoms with Gasteiger partial charge >= 0.3 is 5.88 Å². The Bertz CT molecular complexity index is 353. The van der Waals surface area contributed by atoms with Gasteiger partial charge < -0.3 is 19.2 Å². The van der Waals surface area contributed by atoms with Crippen molar-refractivity contribution in [1.29, 1.82) is 0 Å². The summed E-state index contributed by atoms with van der Waals surface area (Å²) in [6, 6.07) is 2.95. The molecule has 0 radical (unpaired) electrons. The Hall–Kier alpha value is -1.44. The zero-order valence-corrected chi connectivity index (χ0v) is 10.4. The topological polar surface area (TPSA) is 86.8 Å². The van der Waals surface area contributed by atoms with Crippen molar-refractivity contribution in [3.63, 3.8) is 0 Å². The average molecular weight is 258 g/mol. The summed E-state index contributed by atoms with van der Waals surface area (Å²) in [4.78, 5) is 9.83. The van der Waals surface area contributed by atoms with Crippen LogP contribution in [-0.2, 0) is 16.0 Å². The molecule has 102 valence electrons. The van der Waals surface area contributed by atoms with Crippen LogP contribution in [0.4, 0.5) is 5.88 Å². The van der Waals surface area contributed by atoms with Gasteiger partial charge in [0, 0.05) is 13.7 Å². The van der Waals surface area contributed by atoms with Crippen molar-refractivity contribution in [2.75, 3.05) is 33.5 Å². The second kappa shape index (κ2) is 8.62. The van der Waals surface area contributed by atoms with Gasteiger partial charge in [0.1, 0.15) is 10.7 Å². The summed E-state index contributed by atoms with van der Waals surface area (Å²) >= 11 is 0. The van der Waals surface area contributed by atoms with E-state index in [4.69, 9.17) is 13.9 Å². The Morgan fingerprint density at radius 3 is 2.89 bits per heavy atom. The van der Waals surface area contributed by atoms with E-state index in [9.17, 15) is 10.1 Å². The molecule has 0 fully saturated rings. The highest BCUT2D eigenvalue weighted by Gasteiger charge is 2.10. The van der Waals surface area contributed by atoms with Crippen molar-refractivity contribution in [3.05, 3.63) is 28.0 Å². The number of nitro groups is 1. The van der Waals surface area contributed by atoms with E-state index in [1.807, 2.05) is 0 Å². The van der Waals surface area contributed by atoms with Crippen LogP contribution in [0, 0.1) is 10.1 Å². The van der Waals surface area contributed by atoms with Gasteiger partial charge in [-0.3, -0.25) is 10.1 Å². The molecule has 0 amide bonds. The molecule has 7 heteroatoms. The Morgan fingerprint density at radius 1 is 1.39 bits per heavy atom. The molecule has 1 heterocycles. The van der Waals surface area contributed by atoms with Crippen LogP contribution in [0.25, 0.3) is 0 Å². The number of hydrogen-bond donors (Lipinski definition) is 1. The van der Waals surface area contributed by atoms with E-state index in [1.165, 1.54) is 6.07 Å². The lowest BCUT2D eigenvalue weighted by molar-refractivity contribution is -0.402. The fourth-order valence-electron chi connectivity index (χ4n) is 1.31. The van der Waals surface area contributed by atoms with Gasteiger partial charge in [0.2, 0.25) is 0 Å². The molecule has 0 aliphatic carbocycles. The zero-order valence-electron chi connectivity index (χ0n) is 10.4. The van der Waals surface area contributed by atoms with Crippen LogP contribution in [-0.4, -0.2) is 38.4 Å². The first-order chi connectivity index (χ1) is 8.74. The molecule has 0 aliphatic heterocycles. The maximum Gasteiger partial charge on any atom is 0.433 e. The van der Waals surface area contributed by atoms with Crippen LogP contribution in [0.15, 0.2) is 16.5 Å². The molecule has 0 spiro atoms. The van der Waals surface area contributed by atoms with Crippen LogP contribution in [0.1, 0.15) is 12.2 Å². The van der Waals surface area contributed by atoms with Crippen LogP contribution < -0.4 is 5.32 Å². The van der Waals surface area contributed by atoms with Gasteiger partial charge in [-0.1, -0.05) is 0 Å². The number of nitrogens with zero attached hydrogens (tertiary/aromatic N) is 1. The maximum absolute atomic E-state index is 10.4. The highest BCUT2D eigenvalue weighted by Crippen LogP contribution is 2.14. The van der Waals surface area contributed by atoms with Crippen molar-refractivity contribution in [2.24, 2.45) is 0 Å². The highest BCUT2D eigenvalue weighted by molar-refractivity contribution is 5.17. The maximum atomic E-state index is 10.4. The minimum atomic E-state index is -0.548. The van der Waals surface area contributed by atoms with E-state index in [0.29, 0.717) is 32.1 Å². The monoisotopic (exact) mass is 258 g/mol. The largest absolute Gasteiger partial charge is 0.433 e. The number of rotatable bonds is 10. The molecule has 1 aromatic heterocycles. The molecule has 0 aromatic carbocycles. The third-order valence-corrected chi connectivity index (χ3v) is 2.20. The molecule has 0 atom stereocenters. The van der Waals surface area contributed by atoms with Gasteiger partial charge in [-0.25, -0.2) is 0 Å². The summed E-state index contributed by atoms with van der Waals surface area (Å²) in [5, 5.41) is 13.5. The molecule has 1 N–H and O–H groups in total. The molecule has 0 unspecified atom stereocenters. The highest BCUT2D eigenvalue weighted by atomic mass is 16.6. The molecule has 0 aliphatic rings. The molecule has 7 nitrogen and oxygen atoms in total. The first kappa shape index (κ1) is 14.6. The van der Waals surface area contributed by atoms with Crippen LogP contribution in [0.5, 0.6) is 0 Å². The smallest absolute Gasteiger partial charge is 0.404 e. The molecule has 1 aromatic rings. The van der Waals surface area contributed by atoms with Gasteiger partial charge in [-0.05, 0) is 19.0 Å². The molecule has 0 bridgehead atoms. The number of furan rings is 1. The number of ether oxygens (including phenoxy) is 2. The minimum Gasteiger partial charge on any atom is -0.404 e. The van der Waals surface area contributed by atoms with Crippen LogP contribution >= 0.6 is 0 Å². The van der Waals surface area contributed by atoms with E-state index < -0.39 is 4.92 Å². The van der Waals surface area contributed by atoms with Gasteiger partial charge in [0.25, 0.3) is 0 Å². The third-order valence-electron chi connectivity index (χ3n) is 2.20. The first-order valence-corrected chi connectivity index (χ1v) is 5.74. The van der Waals surface area contributed by atoms with E-state index >= 15 is 0 Å². The second-order valence-corrected chi connectivity index (χ2v) is 3.63. The molecule has 18 heavy (non-hydrogen) atoms. The minimum absolute atomic E-state index is 0.227.